The highest BCUT2D eigenvalue weighted by atomic mass is 79.9. The first kappa shape index (κ1) is 9.79. The Balaban J connectivity index is 3.36. The van der Waals surface area contributed by atoms with Crippen molar-refractivity contribution in [3.8, 4) is 0 Å². The molecule has 68 valence electrons. The van der Waals surface area contributed by atoms with Crippen LogP contribution in [-0.2, 0) is 0 Å². The van der Waals surface area contributed by atoms with Crippen molar-refractivity contribution >= 4 is 27.9 Å². The number of carbonyl (C=O) groups excluding carboxylic acids is 1. The summed E-state index contributed by atoms with van der Waals surface area (Å²) in [6, 6.07) is 1.78. The maximum atomic E-state index is 12.9. The lowest BCUT2D eigenvalue weighted by Crippen LogP contribution is -1.94. The summed E-state index contributed by atoms with van der Waals surface area (Å²) >= 11 is 2.85. The fourth-order valence-corrected chi connectivity index (χ4v) is 1.31. The van der Waals surface area contributed by atoms with Gasteiger partial charge in [0.2, 0.25) is 0 Å². The van der Waals surface area contributed by atoms with Crippen LogP contribution in [0.4, 0.5) is 10.1 Å². The molecule has 0 aromatic heterocycles. The number of nitrogens with zero attached hydrogens (tertiary/aromatic N) is 1. The summed E-state index contributed by atoms with van der Waals surface area (Å²) in [5, 5.41) is 10.2. The Morgan fingerprint density at radius 3 is 2.54 bits per heavy atom. The van der Waals surface area contributed by atoms with Crippen LogP contribution >= 0.6 is 15.9 Å². The molecule has 0 N–H and O–H groups in total. The van der Waals surface area contributed by atoms with E-state index in [1.54, 1.807) is 0 Å². The minimum atomic E-state index is -0.906. The van der Waals surface area contributed by atoms with Crippen molar-refractivity contribution in [3.63, 3.8) is 0 Å². The van der Waals surface area contributed by atoms with Crippen molar-refractivity contribution in [2.24, 2.45) is 0 Å². The van der Waals surface area contributed by atoms with Gasteiger partial charge in [0.25, 0.3) is 5.69 Å². The third kappa shape index (κ3) is 1.89. The number of benzene rings is 1. The molecule has 0 saturated carbocycles. The minimum absolute atomic E-state index is 0.0780. The fourth-order valence-electron chi connectivity index (χ4n) is 0.789. The van der Waals surface area contributed by atoms with E-state index in [2.05, 4.69) is 15.9 Å². The molecule has 1 aromatic carbocycles. The van der Waals surface area contributed by atoms with Gasteiger partial charge in [0, 0.05) is 10.5 Å². The molecule has 1 rings (SSSR count). The second kappa shape index (κ2) is 3.61. The van der Waals surface area contributed by atoms with Crippen molar-refractivity contribution in [1.82, 2.24) is 0 Å². The number of halogens is 2. The maximum Gasteiger partial charge on any atom is 0.273 e. The number of nitro benzene ring substituents is 1. The summed E-state index contributed by atoms with van der Waals surface area (Å²) in [5.74, 6) is -0.906. The summed E-state index contributed by atoms with van der Waals surface area (Å²) in [5.41, 5.74) is -0.611. The van der Waals surface area contributed by atoms with E-state index in [1.165, 1.54) is 0 Å². The smallest absolute Gasteiger partial charge is 0.273 e. The predicted octanol–water partition coefficient (Wildman–Crippen LogP) is 2.31. The predicted molar refractivity (Wildman–Crippen MR) is 46.1 cm³/mol. The molecule has 0 radical (unpaired) electrons. The number of nitro groups is 1. The van der Waals surface area contributed by atoms with E-state index >= 15 is 0 Å². The van der Waals surface area contributed by atoms with E-state index in [-0.39, 0.29) is 10.0 Å². The van der Waals surface area contributed by atoms with Crippen LogP contribution in [0.15, 0.2) is 16.6 Å². The molecule has 0 amide bonds. The lowest BCUT2D eigenvalue weighted by Gasteiger charge is -1.97. The normalized spacial score (nSPS) is 9.69. The Kier molecular flexibility index (Phi) is 2.72. The number of aldehydes is 1. The Morgan fingerprint density at radius 1 is 1.54 bits per heavy atom. The largest absolute Gasteiger partial charge is 0.298 e. The topological polar surface area (TPSA) is 60.2 Å². The van der Waals surface area contributed by atoms with E-state index < -0.39 is 16.4 Å². The van der Waals surface area contributed by atoms with Crippen LogP contribution in [0.1, 0.15) is 10.4 Å². The van der Waals surface area contributed by atoms with E-state index in [1.807, 2.05) is 0 Å². The molecule has 0 bridgehead atoms. The Hall–Kier alpha value is -1.30. The molecule has 0 aliphatic rings. The third-order valence-electron chi connectivity index (χ3n) is 1.39. The van der Waals surface area contributed by atoms with Gasteiger partial charge in [-0.25, -0.2) is 4.39 Å². The standard InChI is InChI=1S/C7H3BrFNO3/c8-6-1-4(10(12)13)2-7(9)5(6)3-11/h1-3H. The van der Waals surface area contributed by atoms with Gasteiger partial charge in [-0.15, -0.1) is 0 Å². The molecule has 4 nitrogen and oxygen atoms in total. The van der Waals surface area contributed by atoms with Crippen LogP contribution in [0.2, 0.25) is 0 Å². The van der Waals surface area contributed by atoms with E-state index in [9.17, 15) is 19.3 Å². The number of hydrogen-bond acceptors (Lipinski definition) is 3. The van der Waals surface area contributed by atoms with Crippen LogP contribution in [-0.4, -0.2) is 11.2 Å². The Bertz CT molecular complexity index is 357. The molecule has 0 spiro atoms. The van der Waals surface area contributed by atoms with Gasteiger partial charge in [0.05, 0.1) is 16.6 Å². The van der Waals surface area contributed by atoms with Crippen molar-refractivity contribution in [1.29, 1.82) is 0 Å². The Morgan fingerprint density at radius 2 is 2.15 bits per heavy atom. The zero-order chi connectivity index (χ0) is 10.0. The highest BCUT2D eigenvalue weighted by molar-refractivity contribution is 9.10. The number of hydrogen-bond donors (Lipinski definition) is 0. The molecule has 0 aliphatic carbocycles. The fraction of sp³-hybridized carbons (Fsp3) is 0. The number of rotatable bonds is 2. The van der Waals surface area contributed by atoms with Gasteiger partial charge < -0.3 is 0 Å². The summed E-state index contributed by atoms with van der Waals surface area (Å²) < 4.78 is 13.0. The van der Waals surface area contributed by atoms with E-state index in [0.29, 0.717) is 12.4 Å². The van der Waals surface area contributed by atoms with Gasteiger partial charge in [0.1, 0.15) is 5.82 Å². The average molecular weight is 248 g/mol. The maximum absolute atomic E-state index is 12.9. The van der Waals surface area contributed by atoms with E-state index in [0.717, 1.165) is 6.07 Å². The Labute approximate surface area is 80.6 Å². The molecule has 1 aromatic rings. The zero-order valence-corrected chi connectivity index (χ0v) is 7.75. The first-order chi connectivity index (χ1) is 6.06. The minimum Gasteiger partial charge on any atom is -0.298 e. The number of non-ortho nitro benzene ring substituents is 1. The van der Waals surface area contributed by atoms with Crippen LogP contribution in [0.25, 0.3) is 0 Å². The molecular formula is C7H3BrFNO3. The molecule has 0 atom stereocenters. The van der Waals surface area contributed by atoms with Crippen LogP contribution < -0.4 is 0 Å². The highest BCUT2D eigenvalue weighted by Crippen LogP contribution is 2.24. The molecular weight excluding hydrogens is 245 g/mol. The van der Waals surface area contributed by atoms with Crippen molar-refractivity contribution in [2.45, 2.75) is 0 Å². The van der Waals surface area contributed by atoms with Gasteiger partial charge in [-0.3, -0.25) is 14.9 Å². The highest BCUT2D eigenvalue weighted by Gasteiger charge is 2.14. The van der Waals surface area contributed by atoms with Crippen LogP contribution in [0.5, 0.6) is 0 Å². The second-order valence-electron chi connectivity index (χ2n) is 2.20. The summed E-state index contributed by atoms with van der Waals surface area (Å²) in [6.07, 6.45) is 0.295. The molecule has 0 unspecified atom stereocenters. The molecule has 6 heteroatoms. The first-order valence-corrected chi connectivity index (χ1v) is 3.94. The molecule has 0 heterocycles. The third-order valence-corrected chi connectivity index (χ3v) is 2.05. The lowest BCUT2D eigenvalue weighted by atomic mass is 10.2. The quantitative estimate of drug-likeness (QED) is 0.458. The SMILES string of the molecule is O=Cc1c(F)cc([N+](=O)[O-])cc1Br. The lowest BCUT2D eigenvalue weighted by molar-refractivity contribution is -0.385. The molecule has 0 saturated heterocycles. The second-order valence-corrected chi connectivity index (χ2v) is 3.05. The van der Waals surface area contributed by atoms with Crippen molar-refractivity contribution < 1.29 is 14.1 Å². The molecule has 0 fully saturated rings. The molecule has 0 aliphatic heterocycles. The van der Waals surface area contributed by atoms with Crippen LogP contribution in [0.3, 0.4) is 0 Å². The van der Waals surface area contributed by atoms with Gasteiger partial charge >= 0.3 is 0 Å². The molecule has 13 heavy (non-hydrogen) atoms. The number of carbonyl (C=O) groups is 1. The first-order valence-electron chi connectivity index (χ1n) is 3.15. The summed E-state index contributed by atoms with van der Waals surface area (Å²) in [6.45, 7) is 0. The van der Waals surface area contributed by atoms with E-state index in [4.69, 9.17) is 0 Å². The van der Waals surface area contributed by atoms with Gasteiger partial charge in [-0.05, 0) is 15.9 Å². The van der Waals surface area contributed by atoms with Crippen LogP contribution in [0, 0.1) is 15.9 Å². The van der Waals surface area contributed by atoms with Gasteiger partial charge in [-0.2, -0.15) is 0 Å². The van der Waals surface area contributed by atoms with Gasteiger partial charge in [0.15, 0.2) is 6.29 Å². The monoisotopic (exact) mass is 247 g/mol. The van der Waals surface area contributed by atoms with Crippen molar-refractivity contribution in [2.75, 3.05) is 0 Å². The zero-order valence-electron chi connectivity index (χ0n) is 6.16. The summed E-state index contributed by atoms with van der Waals surface area (Å²) in [4.78, 5) is 19.8. The van der Waals surface area contributed by atoms with Crippen molar-refractivity contribution in [3.05, 3.63) is 38.1 Å². The summed E-state index contributed by atoms with van der Waals surface area (Å²) in [7, 11) is 0. The van der Waals surface area contributed by atoms with Gasteiger partial charge in [-0.1, -0.05) is 0 Å². The average Bonchev–Trinajstić information content (AvgIpc) is 2.03.